The Morgan fingerprint density at radius 2 is 1.79 bits per heavy atom. The number of amides is 3. The van der Waals surface area contributed by atoms with Crippen molar-refractivity contribution >= 4 is 39.3 Å². The fraction of sp³-hybridized carbons (Fsp3) is 0.160. The monoisotopic (exact) mass is 510 g/mol. The number of hydrogen-bond donors (Lipinski definition) is 0. The Morgan fingerprint density at radius 1 is 1.09 bits per heavy atom. The Balaban J connectivity index is 1.68. The molecule has 1 saturated heterocycles. The quantitative estimate of drug-likeness (QED) is 0.455. The van der Waals surface area contributed by atoms with Gasteiger partial charge in [0.15, 0.2) is 0 Å². The number of methoxy groups -OCH3 is 1. The van der Waals surface area contributed by atoms with Crippen LogP contribution in [0.3, 0.4) is 0 Å². The van der Waals surface area contributed by atoms with E-state index in [2.05, 4.69) is 15.9 Å². The van der Waals surface area contributed by atoms with Crippen LogP contribution in [0.5, 0.6) is 5.75 Å². The van der Waals surface area contributed by atoms with Gasteiger partial charge in [0, 0.05) is 16.6 Å². The highest BCUT2D eigenvalue weighted by molar-refractivity contribution is 9.10. The smallest absolute Gasteiger partial charge is 0.257 e. The van der Waals surface area contributed by atoms with E-state index in [1.807, 2.05) is 0 Å². The number of nitrogens with zero attached hydrogens (tertiary/aromatic N) is 2. The summed E-state index contributed by atoms with van der Waals surface area (Å²) in [4.78, 5) is 42.0. The molecule has 1 aliphatic heterocycles. The number of rotatable bonds is 6. The molecular weight excluding hydrogens is 491 g/mol. The molecule has 8 heteroatoms. The van der Waals surface area contributed by atoms with Crippen LogP contribution in [-0.4, -0.2) is 35.8 Å². The van der Waals surface area contributed by atoms with Gasteiger partial charge in [0.25, 0.3) is 11.8 Å². The van der Waals surface area contributed by atoms with E-state index < -0.39 is 29.6 Å². The van der Waals surface area contributed by atoms with Crippen LogP contribution >= 0.6 is 15.9 Å². The van der Waals surface area contributed by atoms with Crippen LogP contribution in [0.15, 0.2) is 77.3 Å². The number of ether oxygens (including phenoxy) is 1. The average Bonchev–Trinajstić information content (AvgIpc) is 3.11. The molecule has 1 atom stereocenters. The minimum absolute atomic E-state index is 0.0667. The second-order valence-electron chi connectivity index (χ2n) is 7.56. The number of hydrogen-bond acceptors (Lipinski definition) is 4. The lowest BCUT2D eigenvalue weighted by Crippen LogP contribution is -2.45. The van der Waals surface area contributed by atoms with Gasteiger partial charge in [-0.25, -0.2) is 9.29 Å². The van der Waals surface area contributed by atoms with Crippen molar-refractivity contribution in [3.8, 4) is 5.75 Å². The average molecular weight is 511 g/mol. The van der Waals surface area contributed by atoms with E-state index in [1.165, 1.54) is 23.1 Å². The van der Waals surface area contributed by atoms with Gasteiger partial charge in [-0.1, -0.05) is 34.1 Å². The third kappa shape index (κ3) is 4.80. The summed E-state index contributed by atoms with van der Waals surface area (Å²) in [6.45, 7) is 0.0667. The molecule has 0 N–H and O–H groups in total. The Labute approximate surface area is 198 Å². The second-order valence-corrected chi connectivity index (χ2v) is 8.47. The Morgan fingerprint density at radius 3 is 2.42 bits per heavy atom. The van der Waals surface area contributed by atoms with E-state index >= 15 is 0 Å². The highest BCUT2D eigenvalue weighted by Crippen LogP contribution is 2.29. The number of halogens is 2. The first kappa shape index (κ1) is 22.7. The SMILES string of the molecule is COc1ccc(CN(C(=O)c2cccc(F)c2)C2CC(=O)N(c3ccc(Br)cc3)C2=O)cc1. The lowest BCUT2D eigenvalue weighted by molar-refractivity contribution is -0.122. The highest BCUT2D eigenvalue weighted by atomic mass is 79.9. The van der Waals surface area contributed by atoms with Gasteiger partial charge in [0.2, 0.25) is 5.91 Å². The zero-order valence-corrected chi connectivity index (χ0v) is 19.3. The molecule has 1 fully saturated rings. The maximum absolute atomic E-state index is 13.8. The molecule has 1 aliphatic rings. The van der Waals surface area contributed by atoms with Crippen LogP contribution in [0.1, 0.15) is 22.3 Å². The predicted octanol–water partition coefficient (Wildman–Crippen LogP) is 4.57. The summed E-state index contributed by atoms with van der Waals surface area (Å²) in [5.74, 6) is -1.35. The van der Waals surface area contributed by atoms with Gasteiger partial charge < -0.3 is 9.64 Å². The number of anilines is 1. The Hall–Kier alpha value is -3.52. The fourth-order valence-corrected chi connectivity index (χ4v) is 4.02. The maximum Gasteiger partial charge on any atom is 0.257 e. The molecular formula is C25H20BrFN2O4. The van der Waals surface area contributed by atoms with Crippen LogP contribution < -0.4 is 9.64 Å². The molecule has 3 aromatic carbocycles. The molecule has 6 nitrogen and oxygen atoms in total. The van der Waals surface area contributed by atoms with Crippen molar-refractivity contribution in [3.05, 3.63) is 94.2 Å². The standard InChI is InChI=1S/C25H20BrFN2O4/c1-33-21-11-5-16(6-12-21)15-28(24(31)17-3-2-4-19(27)13-17)22-14-23(30)29(25(22)32)20-9-7-18(26)8-10-20/h2-13,22H,14-15H2,1H3. The Bertz CT molecular complexity index is 1200. The summed E-state index contributed by atoms with van der Waals surface area (Å²) >= 11 is 3.34. The zero-order valence-electron chi connectivity index (χ0n) is 17.7. The van der Waals surface area contributed by atoms with E-state index in [9.17, 15) is 18.8 Å². The number of carbonyl (C=O) groups is 3. The maximum atomic E-state index is 13.8. The van der Waals surface area contributed by atoms with Crippen LogP contribution in [0, 0.1) is 5.82 Å². The number of carbonyl (C=O) groups excluding carboxylic acids is 3. The summed E-state index contributed by atoms with van der Waals surface area (Å²) in [7, 11) is 1.55. The van der Waals surface area contributed by atoms with Crippen molar-refractivity contribution in [2.75, 3.05) is 12.0 Å². The van der Waals surface area contributed by atoms with Crippen molar-refractivity contribution in [1.82, 2.24) is 4.90 Å². The predicted molar refractivity (Wildman–Crippen MR) is 124 cm³/mol. The van der Waals surface area contributed by atoms with Crippen molar-refractivity contribution in [3.63, 3.8) is 0 Å². The Kier molecular flexibility index (Phi) is 6.55. The summed E-state index contributed by atoms with van der Waals surface area (Å²) in [5.41, 5.74) is 1.27. The first-order valence-electron chi connectivity index (χ1n) is 10.2. The summed E-state index contributed by atoms with van der Waals surface area (Å²) in [6, 6.07) is 18.1. The molecule has 0 spiro atoms. The van der Waals surface area contributed by atoms with Crippen LogP contribution in [0.25, 0.3) is 0 Å². The lowest BCUT2D eigenvalue weighted by atomic mass is 10.1. The van der Waals surface area contributed by atoms with Crippen LogP contribution in [0.4, 0.5) is 10.1 Å². The van der Waals surface area contributed by atoms with Crippen molar-refractivity contribution in [2.45, 2.75) is 19.0 Å². The topological polar surface area (TPSA) is 66.9 Å². The molecule has 0 radical (unpaired) electrons. The molecule has 0 aliphatic carbocycles. The van der Waals surface area contributed by atoms with Crippen LogP contribution in [-0.2, 0) is 16.1 Å². The summed E-state index contributed by atoms with van der Waals surface area (Å²) in [5, 5.41) is 0. The van der Waals surface area contributed by atoms with Gasteiger partial charge in [-0.15, -0.1) is 0 Å². The van der Waals surface area contributed by atoms with Gasteiger partial charge in [0.05, 0.1) is 19.2 Å². The lowest BCUT2D eigenvalue weighted by Gasteiger charge is -2.28. The summed E-state index contributed by atoms with van der Waals surface area (Å²) < 4.78 is 19.8. The normalized spacial score (nSPS) is 15.6. The number of benzene rings is 3. The van der Waals surface area contributed by atoms with Crippen molar-refractivity contribution < 1.29 is 23.5 Å². The van der Waals surface area contributed by atoms with E-state index in [0.717, 1.165) is 21.0 Å². The molecule has 1 heterocycles. The molecule has 33 heavy (non-hydrogen) atoms. The molecule has 3 amide bonds. The van der Waals surface area contributed by atoms with Crippen LogP contribution in [0.2, 0.25) is 0 Å². The summed E-state index contributed by atoms with van der Waals surface area (Å²) in [6.07, 6.45) is -0.161. The number of imide groups is 1. The van der Waals surface area contributed by atoms with Crippen molar-refractivity contribution in [2.24, 2.45) is 0 Å². The molecule has 0 aromatic heterocycles. The van der Waals surface area contributed by atoms with E-state index in [1.54, 1.807) is 55.6 Å². The minimum atomic E-state index is -1.01. The van der Waals surface area contributed by atoms with E-state index in [4.69, 9.17) is 4.74 Å². The molecule has 1 unspecified atom stereocenters. The van der Waals surface area contributed by atoms with E-state index in [0.29, 0.717) is 11.4 Å². The molecule has 168 valence electrons. The van der Waals surface area contributed by atoms with Gasteiger partial charge in [-0.3, -0.25) is 14.4 Å². The largest absolute Gasteiger partial charge is 0.497 e. The third-order valence-electron chi connectivity index (χ3n) is 5.43. The molecule has 0 saturated carbocycles. The zero-order chi connectivity index (χ0) is 23.5. The van der Waals surface area contributed by atoms with Gasteiger partial charge in [0.1, 0.15) is 17.6 Å². The van der Waals surface area contributed by atoms with Gasteiger partial charge in [-0.05, 0) is 60.2 Å². The minimum Gasteiger partial charge on any atom is -0.497 e. The van der Waals surface area contributed by atoms with Gasteiger partial charge >= 0.3 is 0 Å². The molecule has 3 aromatic rings. The first-order valence-corrected chi connectivity index (χ1v) is 11.0. The first-order chi connectivity index (χ1) is 15.9. The molecule has 4 rings (SSSR count). The third-order valence-corrected chi connectivity index (χ3v) is 5.96. The molecule has 0 bridgehead atoms. The van der Waals surface area contributed by atoms with E-state index in [-0.39, 0.29) is 18.5 Å². The van der Waals surface area contributed by atoms with Crippen molar-refractivity contribution in [1.29, 1.82) is 0 Å². The second kappa shape index (κ2) is 9.54. The fourth-order valence-electron chi connectivity index (χ4n) is 3.76. The highest BCUT2D eigenvalue weighted by Gasteiger charge is 2.44. The van der Waals surface area contributed by atoms with Gasteiger partial charge in [-0.2, -0.15) is 0 Å².